The summed E-state index contributed by atoms with van der Waals surface area (Å²) < 4.78 is 11.2. The Morgan fingerprint density at radius 3 is 1.98 bits per heavy atom. The monoisotopic (exact) mass is 693 g/mol. The van der Waals surface area contributed by atoms with Crippen molar-refractivity contribution in [2.45, 2.75) is 12.3 Å². The van der Waals surface area contributed by atoms with Crippen LogP contribution in [0.1, 0.15) is 29.0 Å². The molecule has 10 aromatic rings. The van der Waals surface area contributed by atoms with E-state index in [4.69, 9.17) is 15.1 Å². The first kappa shape index (κ1) is 30.2. The Hall–Kier alpha value is -5.63. The smallest absolute Gasteiger partial charge is 0.135 e. The van der Waals surface area contributed by atoms with Crippen LogP contribution in [0.5, 0.6) is 0 Å². The fourth-order valence-corrected chi connectivity index (χ4v) is 9.73. The van der Waals surface area contributed by atoms with Gasteiger partial charge in [-0.25, -0.2) is 0 Å². The lowest BCUT2D eigenvalue weighted by molar-refractivity contribution is 0.467. The van der Waals surface area contributed by atoms with Crippen molar-refractivity contribution in [1.29, 1.82) is 0 Å². The van der Waals surface area contributed by atoms with E-state index in [1.807, 2.05) is 77.4 Å². The maximum Gasteiger partial charge on any atom is 0.135 e. The third-order valence-electron chi connectivity index (χ3n) is 9.80. The fourth-order valence-electron chi connectivity index (χ4n) is 7.29. The number of benzene rings is 7. The van der Waals surface area contributed by atoms with E-state index < -0.39 is 6.17 Å². The minimum absolute atomic E-state index is 0.346. The minimum atomic E-state index is -0.442. The summed E-state index contributed by atoms with van der Waals surface area (Å²) in [6, 6.07) is 53.3. The van der Waals surface area contributed by atoms with Crippen LogP contribution >= 0.6 is 22.7 Å². The molecule has 7 aromatic carbocycles. The molecule has 4 nitrogen and oxygen atoms in total. The molecular weight excluding hydrogens is 663 g/mol. The van der Waals surface area contributed by atoms with Crippen LogP contribution in [0.15, 0.2) is 161 Å². The Morgan fingerprint density at radius 2 is 1.18 bits per heavy atom. The third-order valence-corrected chi connectivity index (χ3v) is 12.2. The van der Waals surface area contributed by atoms with Crippen LogP contribution in [0.3, 0.4) is 0 Å². The first-order valence-corrected chi connectivity index (χ1v) is 18.7. The highest BCUT2D eigenvalue weighted by Gasteiger charge is 2.18. The van der Waals surface area contributed by atoms with Crippen molar-refractivity contribution in [1.82, 2.24) is 5.32 Å². The fraction of sp³-hybridized carbons (Fsp3) is 0.0444. The average molecular weight is 694 g/mol. The van der Waals surface area contributed by atoms with Gasteiger partial charge in [0.2, 0.25) is 0 Å². The van der Waals surface area contributed by atoms with Gasteiger partial charge in [0, 0.05) is 68.5 Å². The summed E-state index contributed by atoms with van der Waals surface area (Å²) in [5, 5.41) is 10.9. The van der Waals surface area contributed by atoms with Gasteiger partial charge in [-0.3, -0.25) is 10.3 Å². The lowest BCUT2D eigenvalue weighted by atomic mass is 10.00. The summed E-state index contributed by atoms with van der Waals surface area (Å²) >= 11 is 3.73. The van der Waals surface area contributed by atoms with Crippen LogP contribution in [0.25, 0.3) is 73.4 Å². The molecule has 0 bridgehead atoms. The predicted octanol–water partition coefficient (Wildman–Crippen LogP) is 12.4. The van der Waals surface area contributed by atoms with Crippen molar-refractivity contribution in [2.75, 3.05) is 0 Å². The molecule has 6 heteroatoms. The molecule has 0 spiro atoms. The summed E-state index contributed by atoms with van der Waals surface area (Å²) in [5.74, 6) is 0. The summed E-state index contributed by atoms with van der Waals surface area (Å²) in [7, 11) is 0. The second-order valence-electron chi connectivity index (χ2n) is 12.9. The maximum absolute atomic E-state index is 6.96. The summed E-state index contributed by atoms with van der Waals surface area (Å²) in [6.07, 6.45) is 1.14. The quantitative estimate of drug-likeness (QED) is 0.129. The molecule has 2 atom stereocenters. The third kappa shape index (κ3) is 5.23. The van der Waals surface area contributed by atoms with Crippen LogP contribution in [-0.4, -0.2) is 6.21 Å². The first-order valence-electron chi connectivity index (χ1n) is 17.0. The standard InChI is InChI=1S/C45H31N3OS2/c46-44(48-45(28-10-2-1-3-11-28)47-26-27-20-22-39-36(24-27)30-12-4-6-18-38(30)49-39)29-21-23-41-37(25-29)35-17-9-16-34(43(35)51-41)33-15-8-14-32-31-13-5-7-19-40(31)50-42(32)33/h1-26,44-45,48H,46H2. The van der Waals surface area contributed by atoms with E-state index >= 15 is 0 Å². The number of hydrogen-bond acceptors (Lipinski definition) is 6. The molecule has 0 aliphatic rings. The second kappa shape index (κ2) is 12.3. The number of nitrogens with zero attached hydrogens (tertiary/aromatic N) is 1. The topological polar surface area (TPSA) is 63.5 Å². The molecule has 0 amide bonds. The molecule has 3 aromatic heterocycles. The first-order chi connectivity index (χ1) is 25.2. The molecule has 10 rings (SSSR count). The number of fused-ring (bicyclic) bond motifs is 9. The highest BCUT2D eigenvalue weighted by Crippen LogP contribution is 2.45. The number of nitrogens with one attached hydrogen (secondary N) is 1. The Morgan fingerprint density at radius 1 is 0.529 bits per heavy atom. The van der Waals surface area contributed by atoms with Gasteiger partial charge in [0.05, 0.1) is 6.17 Å². The number of rotatable bonds is 7. The molecule has 244 valence electrons. The van der Waals surface area contributed by atoms with Crippen LogP contribution in [0, 0.1) is 0 Å². The Labute approximate surface area is 302 Å². The molecule has 0 saturated carbocycles. The van der Waals surface area contributed by atoms with E-state index in [0.29, 0.717) is 0 Å². The van der Waals surface area contributed by atoms with Gasteiger partial charge in [-0.05, 0) is 59.2 Å². The number of nitrogens with two attached hydrogens (primary N) is 1. The number of thiophene rings is 2. The normalized spacial score (nSPS) is 13.4. The van der Waals surface area contributed by atoms with Crippen molar-refractivity contribution in [3.05, 3.63) is 168 Å². The zero-order chi connectivity index (χ0) is 33.9. The van der Waals surface area contributed by atoms with Crippen molar-refractivity contribution in [2.24, 2.45) is 10.7 Å². The molecule has 0 radical (unpaired) electrons. The van der Waals surface area contributed by atoms with Gasteiger partial charge in [-0.2, -0.15) is 0 Å². The lowest BCUT2D eigenvalue weighted by Gasteiger charge is -2.21. The Kier molecular flexibility index (Phi) is 7.29. The predicted molar refractivity (Wildman–Crippen MR) is 218 cm³/mol. The number of para-hydroxylation sites is 1. The Balaban J connectivity index is 0.997. The minimum Gasteiger partial charge on any atom is -0.456 e. The van der Waals surface area contributed by atoms with Gasteiger partial charge in [0.15, 0.2) is 0 Å². The van der Waals surface area contributed by atoms with Crippen LogP contribution in [-0.2, 0) is 0 Å². The molecule has 0 aliphatic carbocycles. The van der Waals surface area contributed by atoms with Gasteiger partial charge in [-0.1, -0.05) is 109 Å². The summed E-state index contributed by atoms with van der Waals surface area (Å²) in [6.45, 7) is 0. The largest absolute Gasteiger partial charge is 0.456 e. The van der Waals surface area contributed by atoms with Gasteiger partial charge < -0.3 is 10.2 Å². The molecule has 0 fully saturated rings. The van der Waals surface area contributed by atoms with E-state index in [1.54, 1.807) is 0 Å². The van der Waals surface area contributed by atoms with Crippen molar-refractivity contribution in [3.8, 4) is 11.1 Å². The van der Waals surface area contributed by atoms with Crippen LogP contribution in [0.2, 0.25) is 0 Å². The molecule has 3 N–H and O–H groups in total. The maximum atomic E-state index is 6.96. The van der Waals surface area contributed by atoms with E-state index in [2.05, 4.69) is 108 Å². The second-order valence-corrected chi connectivity index (χ2v) is 15.0. The van der Waals surface area contributed by atoms with Crippen LogP contribution < -0.4 is 11.1 Å². The van der Waals surface area contributed by atoms with E-state index in [1.165, 1.54) is 51.5 Å². The molecule has 0 aliphatic heterocycles. The van der Waals surface area contributed by atoms with Gasteiger partial charge in [-0.15, -0.1) is 22.7 Å². The molecule has 0 saturated heterocycles. The van der Waals surface area contributed by atoms with E-state index in [-0.39, 0.29) is 6.17 Å². The molecular formula is C45H31N3OS2. The van der Waals surface area contributed by atoms with Gasteiger partial charge in [0.25, 0.3) is 0 Å². The number of hydrogen-bond donors (Lipinski definition) is 2. The van der Waals surface area contributed by atoms with Crippen molar-refractivity contribution >= 4 is 91.2 Å². The SMILES string of the molecule is NC(NC(N=Cc1ccc2oc3ccccc3c2c1)c1ccccc1)c1ccc2sc3c(-c4cccc5c4sc4ccccc45)cccc3c2c1. The average Bonchev–Trinajstić information content (AvgIpc) is 3.87. The van der Waals surface area contributed by atoms with Crippen molar-refractivity contribution in [3.63, 3.8) is 0 Å². The highest BCUT2D eigenvalue weighted by molar-refractivity contribution is 7.27. The Bertz CT molecular complexity index is 2940. The van der Waals surface area contributed by atoms with Crippen molar-refractivity contribution < 1.29 is 4.42 Å². The van der Waals surface area contributed by atoms with Gasteiger partial charge >= 0.3 is 0 Å². The summed E-state index contributed by atoms with van der Waals surface area (Å²) in [5.41, 5.74) is 14.3. The van der Waals surface area contributed by atoms with Crippen LogP contribution in [0.4, 0.5) is 0 Å². The summed E-state index contributed by atoms with van der Waals surface area (Å²) in [4.78, 5) is 5.05. The molecule has 2 unspecified atom stereocenters. The van der Waals surface area contributed by atoms with Gasteiger partial charge in [0.1, 0.15) is 17.3 Å². The zero-order valence-corrected chi connectivity index (χ0v) is 29.0. The molecule has 3 heterocycles. The molecule has 51 heavy (non-hydrogen) atoms. The zero-order valence-electron chi connectivity index (χ0n) is 27.4. The highest BCUT2D eigenvalue weighted by atomic mass is 32.1. The lowest BCUT2D eigenvalue weighted by Crippen LogP contribution is -2.31. The number of aliphatic imine (C=N–C) groups is 1. The van der Waals surface area contributed by atoms with E-state index in [9.17, 15) is 0 Å². The van der Waals surface area contributed by atoms with E-state index in [0.717, 1.165) is 38.6 Å². The number of furan rings is 1.